The summed E-state index contributed by atoms with van der Waals surface area (Å²) in [6, 6.07) is 17.9. The van der Waals surface area contributed by atoms with Crippen LogP contribution in [0.15, 0.2) is 54.8 Å². The van der Waals surface area contributed by atoms with E-state index in [1.165, 1.54) is 5.56 Å². The van der Waals surface area contributed by atoms with Crippen LogP contribution in [0.5, 0.6) is 5.75 Å². The van der Waals surface area contributed by atoms with Gasteiger partial charge < -0.3 is 4.74 Å². The van der Waals surface area contributed by atoms with Crippen LogP contribution in [-0.4, -0.2) is 0 Å². The van der Waals surface area contributed by atoms with Crippen LogP contribution in [0, 0.1) is 18.3 Å². The molecule has 0 atom stereocenters. The van der Waals surface area contributed by atoms with Crippen molar-refractivity contribution < 1.29 is 4.74 Å². The Hall–Kier alpha value is -2.53. The first-order chi connectivity index (χ1) is 10.7. The molecule has 0 amide bonds. The molecule has 0 fully saturated rings. The van der Waals surface area contributed by atoms with Crippen molar-refractivity contribution in [2.75, 3.05) is 0 Å². The van der Waals surface area contributed by atoms with E-state index in [0.29, 0.717) is 5.56 Å². The van der Waals surface area contributed by atoms with Crippen molar-refractivity contribution in [3.05, 3.63) is 71.5 Å². The summed E-state index contributed by atoms with van der Waals surface area (Å²) in [7, 11) is 0. The lowest BCUT2D eigenvalue weighted by Gasteiger charge is -2.09. The predicted octanol–water partition coefficient (Wildman–Crippen LogP) is 5.48. The van der Waals surface area contributed by atoms with Crippen LogP contribution in [0.2, 0.25) is 0 Å². The quantitative estimate of drug-likeness (QED) is 0.660. The molecular formula is C20H21NO. The fraction of sp³-hybridized carbons (Fsp3) is 0.250. The second kappa shape index (κ2) is 8.05. The fourth-order valence-corrected chi connectivity index (χ4v) is 2.25. The van der Waals surface area contributed by atoms with E-state index in [1.807, 2.05) is 61.7 Å². The van der Waals surface area contributed by atoms with E-state index in [-0.39, 0.29) is 0 Å². The Morgan fingerprint density at radius 1 is 1.18 bits per heavy atom. The molecule has 0 aromatic heterocycles. The van der Waals surface area contributed by atoms with Gasteiger partial charge in [0.1, 0.15) is 5.75 Å². The van der Waals surface area contributed by atoms with Gasteiger partial charge in [-0.3, -0.25) is 0 Å². The Labute approximate surface area is 132 Å². The first-order valence-corrected chi connectivity index (χ1v) is 7.66. The summed E-state index contributed by atoms with van der Waals surface area (Å²) in [5.74, 6) is 0.838. The molecule has 0 N–H and O–H groups in total. The van der Waals surface area contributed by atoms with E-state index in [0.717, 1.165) is 36.1 Å². The van der Waals surface area contributed by atoms with Crippen LogP contribution in [0.3, 0.4) is 0 Å². The van der Waals surface area contributed by atoms with Gasteiger partial charge in [0.15, 0.2) is 0 Å². The smallest absolute Gasteiger partial charge is 0.126 e. The molecule has 2 aromatic rings. The van der Waals surface area contributed by atoms with Crippen LogP contribution in [0.25, 0.3) is 5.57 Å². The Morgan fingerprint density at radius 3 is 2.73 bits per heavy atom. The Kier molecular flexibility index (Phi) is 5.80. The molecule has 22 heavy (non-hydrogen) atoms. The molecule has 112 valence electrons. The number of nitriles is 1. The summed E-state index contributed by atoms with van der Waals surface area (Å²) in [6.07, 6.45) is 4.98. The van der Waals surface area contributed by atoms with Crippen molar-refractivity contribution in [3.63, 3.8) is 0 Å². The fourth-order valence-electron chi connectivity index (χ4n) is 2.25. The summed E-state index contributed by atoms with van der Waals surface area (Å²) in [5, 5.41) is 9.06. The van der Waals surface area contributed by atoms with Crippen molar-refractivity contribution >= 4 is 5.57 Å². The summed E-state index contributed by atoms with van der Waals surface area (Å²) in [6.45, 7) is 4.22. The van der Waals surface area contributed by atoms with Crippen LogP contribution in [-0.2, 0) is 0 Å². The number of benzene rings is 2. The first kappa shape index (κ1) is 15.9. The minimum absolute atomic E-state index is 0.676. The van der Waals surface area contributed by atoms with Crippen LogP contribution >= 0.6 is 0 Å². The average molecular weight is 291 g/mol. The first-order valence-electron chi connectivity index (χ1n) is 7.66. The van der Waals surface area contributed by atoms with E-state index < -0.39 is 0 Å². The van der Waals surface area contributed by atoms with E-state index in [2.05, 4.69) is 13.0 Å². The minimum Gasteiger partial charge on any atom is -0.465 e. The minimum atomic E-state index is 0.676. The number of hydrogen-bond acceptors (Lipinski definition) is 2. The third-order valence-electron chi connectivity index (χ3n) is 3.49. The second-order valence-electron chi connectivity index (χ2n) is 5.37. The normalized spacial score (nSPS) is 11.0. The second-order valence-corrected chi connectivity index (χ2v) is 5.37. The van der Waals surface area contributed by atoms with Crippen molar-refractivity contribution in [2.45, 2.75) is 33.1 Å². The topological polar surface area (TPSA) is 33.0 Å². The number of ether oxygens (including phenoxy) is 1. The van der Waals surface area contributed by atoms with Gasteiger partial charge >= 0.3 is 0 Å². The van der Waals surface area contributed by atoms with Crippen molar-refractivity contribution in [1.29, 1.82) is 5.26 Å². The van der Waals surface area contributed by atoms with Gasteiger partial charge in [0.25, 0.3) is 0 Å². The number of rotatable bonds is 6. The zero-order valence-corrected chi connectivity index (χ0v) is 13.2. The third-order valence-corrected chi connectivity index (χ3v) is 3.49. The highest BCUT2D eigenvalue weighted by Gasteiger charge is 2.04. The van der Waals surface area contributed by atoms with Crippen molar-refractivity contribution in [3.8, 4) is 11.8 Å². The Bertz CT molecular complexity index is 695. The molecule has 0 unspecified atom stereocenters. The van der Waals surface area contributed by atoms with Gasteiger partial charge in [0.05, 0.1) is 17.9 Å². The summed E-state index contributed by atoms with van der Waals surface area (Å²) >= 11 is 0. The SMILES string of the molecule is CCCC/C(=C\Oc1cccc(C)c1)c1cccc(C#N)c1. The highest BCUT2D eigenvalue weighted by Crippen LogP contribution is 2.23. The number of aryl methyl sites for hydroxylation is 1. The monoisotopic (exact) mass is 291 g/mol. The van der Waals surface area contributed by atoms with E-state index in [4.69, 9.17) is 10.00 Å². The van der Waals surface area contributed by atoms with Crippen LogP contribution in [0.1, 0.15) is 42.9 Å². The molecule has 0 saturated heterocycles. The molecule has 2 heteroatoms. The standard InChI is InChI=1S/C20H21NO/c1-3-4-9-19(18-10-6-8-17(13-18)14-21)15-22-20-11-5-7-16(2)12-20/h5-8,10-13,15H,3-4,9H2,1-2H3/b19-15+. The van der Waals surface area contributed by atoms with Gasteiger partial charge in [-0.15, -0.1) is 0 Å². The molecule has 2 nitrogen and oxygen atoms in total. The number of nitrogens with zero attached hydrogens (tertiary/aromatic N) is 1. The van der Waals surface area contributed by atoms with Crippen molar-refractivity contribution in [2.24, 2.45) is 0 Å². The largest absolute Gasteiger partial charge is 0.465 e. The molecule has 0 radical (unpaired) electrons. The molecule has 0 heterocycles. The van der Waals surface area contributed by atoms with Gasteiger partial charge in [0, 0.05) is 0 Å². The highest BCUT2D eigenvalue weighted by molar-refractivity contribution is 5.66. The lowest BCUT2D eigenvalue weighted by atomic mass is 10.00. The highest BCUT2D eigenvalue weighted by atomic mass is 16.5. The third kappa shape index (κ3) is 4.49. The summed E-state index contributed by atoms with van der Waals surface area (Å²) in [4.78, 5) is 0. The maximum Gasteiger partial charge on any atom is 0.126 e. The molecular weight excluding hydrogens is 270 g/mol. The molecule has 0 aliphatic carbocycles. The Morgan fingerprint density at radius 2 is 2.00 bits per heavy atom. The molecule has 0 spiro atoms. The van der Waals surface area contributed by atoms with Crippen molar-refractivity contribution in [1.82, 2.24) is 0 Å². The predicted molar refractivity (Wildman–Crippen MR) is 90.5 cm³/mol. The lowest BCUT2D eigenvalue weighted by molar-refractivity contribution is 0.481. The van der Waals surface area contributed by atoms with E-state index in [1.54, 1.807) is 0 Å². The van der Waals surface area contributed by atoms with Gasteiger partial charge in [-0.1, -0.05) is 37.6 Å². The summed E-state index contributed by atoms with van der Waals surface area (Å²) < 4.78 is 5.83. The lowest BCUT2D eigenvalue weighted by Crippen LogP contribution is -1.91. The van der Waals surface area contributed by atoms with E-state index in [9.17, 15) is 0 Å². The molecule has 0 bridgehead atoms. The Balaban J connectivity index is 2.24. The molecule has 0 aliphatic rings. The van der Waals surface area contributed by atoms with Gasteiger partial charge in [-0.05, 0) is 60.7 Å². The average Bonchev–Trinajstić information content (AvgIpc) is 2.55. The number of allylic oxidation sites excluding steroid dienone is 1. The molecule has 0 aliphatic heterocycles. The van der Waals surface area contributed by atoms with Gasteiger partial charge in [0.2, 0.25) is 0 Å². The number of hydrogen-bond donors (Lipinski definition) is 0. The molecule has 2 aromatic carbocycles. The molecule has 0 saturated carbocycles. The number of unbranched alkanes of at least 4 members (excludes halogenated alkanes) is 1. The van der Waals surface area contributed by atoms with Crippen LogP contribution < -0.4 is 4.74 Å². The zero-order chi connectivity index (χ0) is 15.8. The van der Waals surface area contributed by atoms with Gasteiger partial charge in [-0.2, -0.15) is 5.26 Å². The zero-order valence-electron chi connectivity index (χ0n) is 13.2. The van der Waals surface area contributed by atoms with Crippen LogP contribution in [0.4, 0.5) is 0 Å². The van der Waals surface area contributed by atoms with Gasteiger partial charge in [-0.25, -0.2) is 0 Å². The maximum absolute atomic E-state index is 9.06. The summed E-state index contributed by atoms with van der Waals surface area (Å²) in [5.41, 5.74) is 4.03. The van der Waals surface area contributed by atoms with E-state index >= 15 is 0 Å². The maximum atomic E-state index is 9.06. The molecule has 2 rings (SSSR count).